The zero-order chi connectivity index (χ0) is 19.6. The smallest absolute Gasteiger partial charge is 0.228 e. The van der Waals surface area contributed by atoms with E-state index < -0.39 is 0 Å². The van der Waals surface area contributed by atoms with Crippen LogP contribution in [0.1, 0.15) is 20.3 Å². The topological polar surface area (TPSA) is 70.2 Å². The Bertz CT molecular complexity index is 726. The number of piperazine rings is 1. The summed E-state index contributed by atoms with van der Waals surface area (Å²) >= 11 is 0. The van der Waals surface area contributed by atoms with Gasteiger partial charge in [-0.3, -0.25) is 14.4 Å². The monoisotopic (exact) mass is 373 g/mol. The lowest BCUT2D eigenvalue weighted by Gasteiger charge is -2.36. The number of carbonyl (C=O) groups excluding carboxylic acids is 3. The van der Waals surface area contributed by atoms with Gasteiger partial charge in [-0.25, -0.2) is 0 Å². The van der Waals surface area contributed by atoms with E-state index in [4.69, 9.17) is 4.74 Å². The molecule has 0 bridgehead atoms. The number of carbonyl (C=O) groups is 3. The lowest BCUT2D eigenvalue weighted by Crippen LogP contribution is -2.53. The third kappa shape index (κ3) is 3.91. The summed E-state index contributed by atoms with van der Waals surface area (Å²) in [7, 11) is 1.57. The number of hydrogen-bond donors (Lipinski definition) is 0. The van der Waals surface area contributed by atoms with Crippen LogP contribution in [0.15, 0.2) is 24.3 Å². The molecule has 0 saturated carbocycles. The summed E-state index contributed by atoms with van der Waals surface area (Å²) in [6.07, 6.45) is 0.210. The van der Waals surface area contributed by atoms with Gasteiger partial charge in [0.25, 0.3) is 0 Å². The molecular weight excluding hydrogens is 346 g/mol. The zero-order valence-corrected chi connectivity index (χ0v) is 16.2. The van der Waals surface area contributed by atoms with Crippen LogP contribution in [0.2, 0.25) is 0 Å². The Balaban J connectivity index is 1.62. The van der Waals surface area contributed by atoms with E-state index in [0.29, 0.717) is 44.2 Å². The van der Waals surface area contributed by atoms with E-state index >= 15 is 0 Å². The van der Waals surface area contributed by atoms with Crippen molar-refractivity contribution in [3.8, 4) is 5.75 Å². The van der Waals surface area contributed by atoms with Crippen molar-refractivity contribution in [3.63, 3.8) is 0 Å². The van der Waals surface area contributed by atoms with Crippen molar-refractivity contribution in [1.82, 2.24) is 9.80 Å². The number of amides is 3. The highest BCUT2D eigenvalue weighted by Gasteiger charge is 2.39. The van der Waals surface area contributed by atoms with Crippen molar-refractivity contribution in [2.45, 2.75) is 20.3 Å². The van der Waals surface area contributed by atoms with Crippen LogP contribution in [-0.4, -0.2) is 67.4 Å². The maximum Gasteiger partial charge on any atom is 0.228 e. The largest absolute Gasteiger partial charge is 0.495 e. The van der Waals surface area contributed by atoms with Gasteiger partial charge >= 0.3 is 0 Å². The number of anilines is 1. The van der Waals surface area contributed by atoms with E-state index in [1.807, 2.05) is 43.0 Å². The Hall–Kier alpha value is -2.57. The highest BCUT2D eigenvalue weighted by atomic mass is 16.5. The molecule has 1 aromatic carbocycles. The quantitative estimate of drug-likeness (QED) is 0.799. The van der Waals surface area contributed by atoms with Crippen molar-refractivity contribution in [2.24, 2.45) is 11.8 Å². The van der Waals surface area contributed by atoms with Crippen molar-refractivity contribution >= 4 is 23.4 Å². The fraction of sp³-hybridized carbons (Fsp3) is 0.550. The molecule has 0 N–H and O–H groups in total. The van der Waals surface area contributed by atoms with E-state index in [1.165, 1.54) is 0 Å². The summed E-state index contributed by atoms with van der Waals surface area (Å²) in [5.74, 6) is 0.299. The van der Waals surface area contributed by atoms with Gasteiger partial charge in [0.2, 0.25) is 17.7 Å². The number of rotatable bonds is 4. The van der Waals surface area contributed by atoms with Gasteiger partial charge < -0.3 is 19.4 Å². The predicted molar refractivity (Wildman–Crippen MR) is 101 cm³/mol. The summed E-state index contributed by atoms with van der Waals surface area (Å²) in [4.78, 5) is 42.7. The molecule has 0 unspecified atom stereocenters. The molecular formula is C20H27N3O4. The highest BCUT2D eigenvalue weighted by molar-refractivity contribution is 6.01. The molecule has 7 nitrogen and oxygen atoms in total. The molecule has 0 aliphatic carbocycles. The lowest BCUT2D eigenvalue weighted by molar-refractivity contribution is -0.143. The first kappa shape index (κ1) is 19.2. The van der Waals surface area contributed by atoms with Crippen LogP contribution in [0.5, 0.6) is 5.75 Å². The minimum absolute atomic E-state index is 0.00241. The van der Waals surface area contributed by atoms with Crippen LogP contribution in [-0.2, 0) is 14.4 Å². The molecule has 1 aromatic rings. The molecule has 2 fully saturated rings. The second-order valence-corrected chi connectivity index (χ2v) is 7.38. The van der Waals surface area contributed by atoms with Gasteiger partial charge in [-0.1, -0.05) is 26.0 Å². The average Bonchev–Trinajstić information content (AvgIpc) is 3.08. The molecule has 3 rings (SSSR count). The molecule has 0 spiro atoms. The summed E-state index contributed by atoms with van der Waals surface area (Å²) in [6.45, 7) is 6.29. The standard InChI is InChI=1S/C20H27N3O4/c1-14(2)19(25)21-8-10-22(11-9-21)20(26)15-12-18(24)23(13-15)16-6-4-5-7-17(16)27-3/h4-7,14-15H,8-13H2,1-3H3/t15-/m1/s1. The van der Waals surface area contributed by atoms with Gasteiger partial charge in [-0.15, -0.1) is 0 Å². The van der Waals surface area contributed by atoms with Gasteiger partial charge in [-0.05, 0) is 12.1 Å². The van der Waals surface area contributed by atoms with Crippen molar-refractivity contribution < 1.29 is 19.1 Å². The van der Waals surface area contributed by atoms with Crippen molar-refractivity contribution in [2.75, 3.05) is 44.7 Å². The van der Waals surface area contributed by atoms with E-state index in [2.05, 4.69) is 0 Å². The SMILES string of the molecule is COc1ccccc1N1C[C@H](C(=O)N2CCN(C(=O)C(C)C)CC2)CC1=O. The molecule has 2 saturated heterocycles. The van der Waals surface area contributed by atoms with Crippen molar-refractivity contribution in [3.05, 3.63) is 24.3 Å². The number of hydrogen-bond acceptors (Lipinski definition) is 4. The normalized spacial score (nSPS) is 20.4. The molecule has 3 amide bonds. The molecule has 7 heteroatoms. The van der Waals surface area contributed by atoms with Crippen LogP contribution in [0, 0.1) is 11.8 Å². The Morgan fingerprint density at radius 3 is 2.33 bits per heavy atom. The van der Waals surface area contributed by atoms with Crippen LogP contribution < -0.4 is 9.64 Å². The fourth-order valence-electron chi connectivity index (χ4n) is 3.73. The molecule has 2 aliphatic heterocycles. The Labute approximate surface area is 159 Å². The van der Waals surface area contributed by atoms with Gasteiger partial charge in [0.05, 0.1) is 18.7 Å². The number of benzene rings is 1. The van der Waals surface area contributed by atoms with E-state index in [0.717, 1.165) is 0 Å². The van der Waals surface area contributed by atoms with Gasteiger partial charge in [0, 0.05) is 45.1 Å². The number of ether oxygens (including phenoxy) is 1. The zero-order valence-electron chi connectivity index (χ0n) is 16.2. The lowest BCUT2D eigenvalue weighted by atomic mass is 10.1. The average molecular weight is 373 g/mol. The second-order valence-electron chi connectivity index (χ2n) is 7.38. The number of para-hydroxylation sites is 2. The second kappa shape index (κ2) is 7.98. The third-order valence-electron chi connectivity index (χ3n) is 5.25. The molecule has 1 atom stereocenters. The third-order valence-corrected chi connectivity index (χ3v) is 5.25. The molecule has 2 aliphatic rings. The first-order chi connectivity index (χ1) is 12.9. The van der Waals surface area contributed by atoms with Crippen LogP contribution in [0.4, 0.5) is 5.69 Å². The first-order valence-corrected chi connectivity index (χ1v) is 9.43. The van der Waals surface area contributed by atoms with E-state index in [1.54, 1.807) is 16.9 Å². The minimum atomic E-state index is -0.352. The van der Waals surface area contributed by atoms with E-state index in [9.17, 15) is 14.4 Å². The number of methoxy groups -OCH3 is 1. The predicted octanol–water partition coefficient (Wildman–Crippen LogP) is 1.37. The Kier molecular flexibility index (Phi) is 5.68. The van der Waals surface area contributed by atoms with Crippen LogP contribution in [0.3, 0.4) is 0 Å². The van der Waals surface area contributed by atoms with E-state index in [-0.39, 0.29) is 36.0 Å². The van der Waals surface area contributed by atoms with Gasteiger partial charge in [-0.2, -0.15) is 0 Å². The summed E-state index contributed by atoms with van der Waals surface area (Å²) in [5.41, 5.74) is 0.702. The van der Waals surface area contributed by atoms with Crippen LogP contribution in [0.25, 0.3) is 0 Å². The number of nitrogens with zero attached hydrogens (tertiary/aromatic N) is 3. The fourth-order valence-corrected chi connectivity index (χ4v) is 3.73. The van der Waals surface area contributed by atoms with Crippen molar-refractivity contribution in [1.29, 1.82) is 0 Å². The summed E-state index contributed by atoms with van der Waals surface area (Å²) in [6, 6.07) is 7.34. The maximum absolute atomic E-state index is 12.9. The minimum Gasteiger partial charge on any atom is -0.495 e. The molecule has 27 heavy (non-hydrogen) atoms. The Morgan fingerprint density at radius 2 is 1.70 bits per heavy atom. The molecule has 0 aromatic heterocycles. The van der Waals surface area contributed by atoms with Gasteiger partial charge in [0.1, 0.15) is 5.75 Å². The molecule has 0 radical (unpaired) electrons. The Morgan fingerprint density at radius 1 is 1.07 bits per heavy atom. The highest BCUT2D eigenvalue weighted by Crippen LogP contribution is 2.33. The first-order valence-electron chi connectivity index (χ1n) is 9.43. The molecule has 2 heterocycles. The molecule has 146 valence electrons. The summed E-state index contributed by atoms with van der Waals surface area (Å²) < 4.78 is 5.34. The van der Waals surface area contributed by atoms with Crippen LogP contribution >= 0.6 is 0 Å². The van der Waals surface area contributed by atoms with Gasteiger partial charge in [0.15, 0.2) is 0 Å². The maximum atomic E-state index is 12.9. The summed E-state index contributed by atoms with van der Waals surface area (Å²) in [5, 5.41) is 0.